The van der Waals surface area contributed by atoms with Gasteiger partial charge in [0.15, 0.2) is 0 Å². The maximum atomic E-state index is 5.65. The van der Waals surface area contributed by atoms with Crippen LogP contribution in [0.15, 0.2) is 17.6 Å². The zero-order valence-electron chi connectivity index (χ0n) is 9.17. The Morgan fingerprint density at radius 1 is 1.50 bits per heavy atom. The minimum absolute atomic E-state index is 0.386. The normalized spacial score (nSPS) is 21.2. The Morgan fingerprint density at radius 2 is 2.36 bits per heavy atom. The first kappa shape index (κ1) is 11.3. The molecule has 1 aliphatic heterocycles. The minimum Gasteiger partial charge on any atom is -0.475 e. The highest BCUT2D eigenvalue weighted by atomic mass is 16.5. The standard InChI is InChI=1S/C12H21NO/c1-3-5-6-7-8-11-9-10-13-12(4-2)14-11/h4,11H,2-3,5-10H2,1H3. The molecule has 0 saturated heterocycles. The molecule has 80 valence electrons. The van der Waals surface area contributed by atoms with Gasteiger partial charge in [0, 0.05) is 13.0 Å². The van der Waals surface area contributed by atoms with Crippen LogP contribution in [0.5, 0.6) is 0 Å². The van der Waals surface area contributed by atoms with Gasteiger partial charge in [-0.15, -0.1) is 0 Å². The summed E-state index contributed by atoms with van der Waals surface area (Å²) in [4.78, 5) is 4.22. The first-order valence-electron chi connectivity index (χ1n) is 5.70. The number of unbranched alkanes of at least 4 members (excludes halogenated alkanes) is 3. The summed E-state index contributed by atoms with van der Waals surface area (Å²) in [5.74, 6) is 0.733. The van der Waals surface area contributed by atoms with Gasteiger partial charge >= 0.3 is 0 Å². The van der Waals surface area contributed by atoms with Gasteiger partial charge in [0.2, 0.25) is 5.90 Å². The summed E-state index contributed by atoms with van der Waals surface area (Å²) in [6, 6.07) is 0. The topological polar surface area (TPSA) is 21.6 Å². The molecule has 0 aromatic heterocycles. The van der Waals surface area contributed by atoms with E-state index in [1.54, 1.807) is 6.08 Å². The van der Waals surface area contributed by atoms with Crippen molar-refractivity contribution in [3.8, 4) is 0 Å². The van der Waals surface area contributed by atoms with E-state index in [-0.39, 0.29) is 0 Å². The van der Waals surface area contributed by atoms with Crippen LogP contribution in [0.3, 0.4) is 0 Å². The largest absolute Gasteiger partial charge is 0.475 e. The van der Waals surface area contributed by atoms with Crippen LogP contribution in [0.2, 0.25) is 0 Å². The van der Waals surface area contributed by atoms with Crippen molar-refractivity contribution >= 4 is 5.90 Å². The summed E-state index contributed by atoms with van der Waals surface area (Å²) in [7, 11) is 0. The monoisotopic (exact) mass is 195 g/mol. The fourth-order valence-electron chi connectivity index (χ4n) is 1.70. The third kappa shape index (κ3) is 3.95. The van der Waals surface area contributed by atoms with Crippen molar-refractivity contribution in [1.82, 2.24) is 0 Å². The van der Waals surface area contributed by atoms with Crippen molar-refractivity contribution in [2.45, 2.75) is 51.6 Å². The van der Waals surface area contributed by atoms with Crippen LogP contribution in [0.25, 0.3) is 0 Å². The molecule has 0 radical (unpaired) electrons. The summed E-state index contributed by atoms with van der Waals surface area (Å²) in [6.07, 6.45) is 9.59. The number of ether oxygens (including phenoxy) is 1. The molecule has 2 heteroatoms. The lowest BCUT2D eigenvalue weighted by Crippen LogP contribution is -2.22. The number of aliphatic imine (C=N–C) groups is 1. The summed E-state index contributed by atoms with van der Waals surface area (Å²) in [6.45, 7) is 6.81. The van der Waals surface area contributed by atoms with E-state index in [4.69, 9.17) is 4.74 Å². The second kappa shape index (κ2) is 6.63. The van der Waals surface area contributed by atoms with Gasteiger partial charge < -0.3 is 4.74 Å². The molecule has 1 rings (SSSR count). The number of hydrogen-bond donors (Lipinski definition) is 0. The molecule has 0 amide bonds. The molecule has 14 heavy (non-hydrogen) atoms. The molecule has 0 fully saturated rings. The highest BCUT2D eigenvalue weighted by molar-refractivity contribution is 5.87. The Kier molecular flexibility index (Phi) is 5.35. The molecule has 1 unspecified atom stereocenters. The van der Waals surface area contributed by atoms with Crippen LogP contribution in [-0.4, -0.2) is 18.5 Å². The maximum absolute atomic E-state index is 5.65. The number of rotatable bonds is 6. The lowest BCUT2D eigenvalue weighted by molar-refractivity contribution is 0.155. The van der Waals surface area contributed by atoms with Crippen molar-refractivity contribution in [3.05, 3.63) is 12.7 Å². The first-order chi connectivity index (χ1) is 6.86. The maximum Gasteiger partial charge on any atom is 0.208 e. The van der Waals surface area contributed by atoms with Gasteiger partial charge in [-0.2, -0.15) is 0 Å². The van der Waals surface area contributed by atoms with Gasteiger partial charge in [-0.1, -0.05) is 32.8 Å². The van der Waals surface area contributed by atoms with E-state index < -0.39 is 0 Å². The van der Waals surface area contributed by atoms with Crippen molar-refractivity contribution in [2.24, 2.45) is 4.99 Å². The van der Waals surface area contributed by atoms with Gasteiger partial charge in [0.1, 0.15) is 6.10 Å². The van der Waals surface area contributed by atoms with Gasteiger partial charge in [0.05, 0.1) is 0 Å². The molecule has 0 N–H and O–H groups in total. The predicted molar refractivity (Wildman–Crippen MR) is 60.7 cm³/mol. The zero-order chi connectivity index (χ0) is 10.2. The Morgan fingerprint density at radius 3 is 3.07 bits per heavy atom. The molecule has 0 bridgehead atoms. The second-order valence-electron chi connectivity index (χ2n) is 3.80. The fourth-order valence-corrected chi connectivity index (χ4v) is 1.70. The third-order valence-corrected chi connectivity index (χ3v) is 2.56. The average Bonchev–Trinajstić information content (AvgIpc) is 2.25. The van der Waals surface area contributed by atoms with Crippen molar-refractivity contribution in [1.29, 1.82) is 0 Å². The van der Waals surface area contributed by atoms with Crippen LogP contribution < -0.4 is 0 Å². The lowest BCUT2D eigenvalue weighted by atomic mass is 10.1. The second-order valence-corrected chi connectivity index (χ2v) is 3.80. The van der Waals surface area contributed by atoms with E-state index in [1.807, 2.05) is 0 Å². The SMILES string of the molecule is C=CC1=NCCC(CCCCCC)O1. The summed E-state index contributed by atoms with van der Waals surface area (Å²) < 4.78 is 5.65. The Labute approximate surface area is 87.1 Å². The molecule has 0 aliphatic carbocycles. The molecule has 0 aromatic carbocycles. The Balaban J connectivity index is 2.14. The van der Waals surface area contributed by atoms with Crippen LogP contribution in [-0.2, 0) is 4.74 Å². The molecular formula is C12H21NO. The molecule has 2 nitrogen and oxygen atoms in total. The highest BCUT2D eigenvalue weighted by Gasteiger charge is 2.14. The smallest absolute Gasteiger partial charge is 0.208 e. The van der Waals surface area contributed by atoms with Gasteiger partial charge in [-0.3, -0.25) is 4.99 Å². The van der Waals surface area contributed by atoms with Crippen LogP contribution in [0.4, 0.5) is 0 Å². The minimum atomic E-state index is 0.386. The predicted octanol–water partition coefficient (Wildman–Crippen LogP) is 3.33. The fraction of sp³-hybridized carbons (Fsp3) is 0.750. The summed E-state index contributed by atoms with van der Waals surface area (Å²) >= 11 is 0. The molecule has 0 spiro atoms. The summed E-state index contributed by atoms with van der Waals surface area (Å²) in [5.41, 5.74) is 0. The molecule has 0 aromatic rings. The number of hydrogen-bond acceptors (Lipinski definition) is 2. The molecular weight excluding hydrogens is 174 g/mol. The Bertz CT molecular complexity index is 198. The van der Waals surface area contributed by atoms with Crippen LogP contribution in [0.1, 0.15) is 45.4 Å². The van der Waals surface area contributed by atoms with Crippen LogP contribution >= 0.6 is 0 Å². The highest BCUT2D eigenvalue weighted by Crippen LogP contribution is 2.15. The first-order valence-corrected chi connectivity index (χ1v) is 5.70. The van der Waals surface area contributed by atoms with E-state index in [0.29, 0.717) is 6.10 Å². The summed E-state index contributed by atoms with van der Waals surface area (Å²) in [5, 5.41) is 0. The van der Waals surface area contributed by atoms with Gasteiger partial charge in [-0.25, -0.2) is 0 Å². The van der Waals surface area contributed by atoms with Crippen LogP contribution in [0, 0.1) is 0 Å². The molecule has 1 aliphatic rings. The van der Waals surface area contributed by atoms with Gasteiger partial charge in [-0.05, 0) is 18.9 Å². The zero-order valence-corrected chi connectivity index (χ0v) is 9.17. The van der Waals surface area contributed by atoms with Crippen molar-refractivity contribution in [3.63, 3.8) is 0 Å². The van der Waals surface area contributed by atoms with Crippen molar-refractivity contribution < 1.29 is 4.74 Å². The van der Waals surface area contributed by atoms with E-state index >= 15 is 0 Å². The molecule has 0 saturated carbocycles. The van der Waals surface area contributed by atoms with E-state index in [1.165, 1.54) is 32.1 Å². The van der Waals surface area contributed by atoms with E-state index in [0.717, 1.165) is 18.9 Å². The van der Waals surface area contributed by atoms with E-state index in [2.05, 4.69) is 18.5 Å². The Hall–Kier alpha value is -0.790. The molecule has 1 heterocycles. The quantitative estimate of drug-likeness (QED) is 0.596. The lowest BCUT2D eigenvalue weighted by Gasteiger charge is -2.22. The molecule has 1 atom stereocenters. The number of nitrogens with zero attached hydrogens (tertiary/aromatic N) is 1. The van der Waals surface area contributed by atoms with Gasteiger partial charge in [0.25, 0.3) is 0 Å². The average molecular weight is 195 g/mol. The van der Waals surface area contributed by atoms with E-state index in [9.17, 15) is 0 Å². The van der Waals surface area contributed by atoms with Crippen molar-refractivity contribution in [2.75, 3.05) is 6.54 Å². The third-order valence-electron chi connectivity index (χ3n) is 2.56.